The van der Waals surface area contributed by atoms with Crippen molar-refractivity contribution >= 4 is 22.1 Å². The highest BCUT2D eigenvalue weighted by Gasteiger charge is 2.47. The van der Waals surface area contributed by atoms with Gasteiger partial charge < -0.3 is 9.47 Å². The van der Waals surface area contributed by atoms with Crippen molar-refractivity contribution < 1.29 is 40.7 Å². The van der Waals surface area contributed by atoms with E-state index < -0.39 is 55.8 Å². The van der Waals surface area contributed by atoms with Crippen molar-refractivity contribution in [1.29, 1.82) is 0 Å². The van der Waals surface area contributed by atoms with Crippen LogP contribution in [-0.4, -0.2) is 43.0 Å². The second-order valence-electron chi connectivity index (χ2n) is 9.53. The fourth-order valence-electron chi connectivity index (χ4n) is 4.12. The maximum Gasteiger partial charge on any atom is 0.424 e. The highest BCUT2D eigenvalue weighted by Crippen LogP contribution is 2.43. The summed E-state index contributed by atoms with van der Waals surface area (Å²) < 4.78 is 77.0. The van der Waals surface area contributed by atoms with Gasteiger partial charge >= 0.3 is 18.2 Å². The Hall–Kier alpha value is -2.56. The summed E-state index contributed by atoms with van der Waals surface area (Å²) >= 11 is 0. The van der Waals surface area contributed by atoms with Gasteiger partial charge in [0.1, 0.15) is 5.60 Å². The van der Waals surface area contributed by atoms with Gasteiger partial charge in [-0.3, -0.25) is 4.79 Å². The minimum Gasteiger partial charge on any atom is -0.466 e. The molecule has 1 aromatic carbocycles. The number of allylic oxidation sites excluding steroid dienone is 1. The van der Waals surface area contributed by atoms with Crippen molar-refractivity contribution in [2.45, 2.75) is 82.5 Å². The Bertz CT molecular complexity index is 1020. The Morgan fingerprint density at radius 1 is 1.14 bits per heavy atom. The molecular weight excluding hydrogens is 487 g/mol. The molecule has 0 spiro atoms. The van der Waals surface area contributed by atoms with Crippen LogP contribution in [0.4, 0.5) is 18.0 Å². The van der Waals surface area contributed by atoms with Crippen LogP contribution in [0.3, 0.4) is 0 Å². The first-order chi connectivity index (χ1) is 16.1. The summed E-state index contributed by atoms with van der Waals surface area (Å²) in [5, 5.41) is 0. The van der Waals surface area contributed by atoms with Crippen molar-refractivity contribution in [2.75, 3.05) is 6.61 Å². The van der Waals surface area contributed by atoms with E-state index in [4.69, 9.17) is 9.47 Å². The number of hydrogen-bond acceptors (Lipinski definition) is 6. The number of ether oxygens (including phenoxy) is 2. The number of halogens is 3. The summed E-state index contributed by atoms with van der Waals surface area (Å²) in [6.45, 7) is 10.3. The maximum absolute atomic E-state index is 13.5. The van der Waals surface area contributed by atoms with E-state index in [1.165, 1.54) is 0 Å². The van der Waals surface area contributed by atoms with Crippen LogP contribution in [0.25, 0.3) is 0 Å². The average molecular weight is 520 g/mol. The van der Waals surface area contributed by atoms with Gasteiger partial charge in [0.2, 0.25) is 0 Å². The average Bonchev–Trinajstić information content (AvgIpc) is 2.73. The summed E-state index contributed by atoms with van der Waals surface area (Å²) in [6, 6.07) is 2.08. The highest BCUT2D eigenvalue weighted by atomic mass is 32.2. The van der Waals surface area contributed by atoms with Gasteiger partial charge in [0, 0.05) is 0 Å². The number of carbonyl (C=O) groups is 2. The predicted octanol–water partition coefficient (Wildman–Crippen LogP) is 5.70. The molecule has 0 atom stereocenters. The highest BCUT2D eigenvalue weighted by molar-refractivity contribution is 7.89. The lowest BCUT2D eigenvalue weighted by atomic mass is 9.70. The van der Waals surface area contributed by atoms with E-state index in [1.54, 1.807) is 33.8 Å². The Balaban J connectivity index is 2.43. The number of sulfonamides is 1. The van der Waals surface area contributed by atoms with E-state index in [0.717, 1.165) is 12.1 Å². The Kier molecular flexibility index (Phi) is 8.68. The molecule has 0 bridgehead atoms. The lowest BCUT2D eigenvalue weighted by molar-refractivity contribution is -0.158. The van der Waals surface area contributed by atoms with Crippen molar-refractivity contribution in [3.8, 4) is 0 Å². The summed E-state index contributed by atoms with van der Waals surface area (Å²) in [5.41, 5.74) is -2.91. The lowest BCUT2D eigenvalue weighted by Crippen LogP contribution is -2.50. The van der Waals surface area contributed by atoms with Gasteiger partial charge in [0.05, 0.1) is 28.5 Å². The number of benzene rings is 1. The second kappa shape index (κ2) is 10.6. The molecule has 35 heavy (non-hydrogen) atoms. The first kappa shape index (κ1) is 28.7. The molecule has 11 heteroatoms. The molecule has 1 amide bonds. The topological polar surface area (TPSA) is 90.0 Å². The van der Waals surface area contributed by atoms with Gasteiger partial charge in [0.25, 0.3) is 10.0 Å². The molecule has 2 rings (SSSR count). The van der Waals surface area contributed by atoms with Crippen molar-refractivity contribution in [3.05, 3.63) is 42.5 Å². The molecule has 0 heterocycles. The number of esters is 1. The zero-order valence-electron chi connectivity index (χ0n) is 20.4. The van der Waals surface area contributed by atoms with Gasteiger partial charge in [-0.05, 0) is 84.1 Å². The molecular formula is C24H32F3NO6S. The van der Waals surface area contributed by atoms with Crippen LogP contribution in [-0.2, 0) is 30.5 Å². The molecule has 7 nitrogen and oxygen atoms in total. The van der Waals surface area contributed by atoms with Crippen LogP contribution in [0.1, 0.15) is 65.4 Å². The van der Waals surface area contributed by atoms with Crippen LogP contribution in [0.15, 0.2) is 41.8 Å². The second-order valence-corrected chi connectivity index (χ2v) is 11.3. The van der Waals surface area contributed by atoms with Gasteiger partial charge in [0.15, 0.2) is 0 Å². The molecule has 1 aliphatic carbocycles. The number of rotatable bonds is 7. The zero-order chi connectivity index (χ0) is 26.7. The number of amides is 1. The molecule has 0 saturated heterocycles. The first-order valence-corrected chi connectivity index (χ1v) is 12.7. The Morgan fingerprint density at radius 2 is 1.69 bits per heavy atom. The largest absolute Gasteiger partial charge is 0.466 e. The number of hydrogen-bond donors (Lipinski definition) is 0. The SMILES string of the molecule is C=CCC1(C(=O)OCC)CCC(N(C(=O)OC(C)(C)C)S(=O)(=O)c2ccc(C(F)(F)F)cc2)CC1. The van der Waals surface area contributed by atoms with E-state index in [-0.39, 0.29) is 32.3 Å². The third-order valence-electron chi connectivity index (χ3n) is 5.80. The van der Waals surface area contributed by atoms with E-state index in [2.05, 4.69) is 6.58 Å². The van der Waals surface area contributed by atoms with Crippen LogP contribution in [0.5, 0.6) is 0 Å². The third-order valence-corrected chi connectivity index (χ3v) is 7.63. The predicted molar refractivity (Wildman–Crippen MR) is 123 cm³/mol. The number of nitrogens with zero attached hydrogens (tertiary/aromatic N) is 1. The zero-order valence-corrected chi connectivity index (χ0v) is 21.2. The van der Waals surface area contributed by atoms with Crippen molar-refractivity contribution in [2.24, 2.45) is 5.41 Å². The van der Waals surface area contributed by atoms with E-state index >= 15 is 0 Å². The molecule has 0 aliphatic heterocycles. The van der Waals surface area contributed by atoms with Crippen molar-refractivity contribution in [1.82, 2.24) is 4.31 Å². The standard InChI is InChI=1S/C24H32F3NO6S/c1-6-14-23(20(29)33-7-2)15-12-18(13-16-23)28(21(30)34-22(3,4)5)35(31,32)19-10-8-17(9-11-19)24(25,26)27/h6,8-11,18H,1,7,12-16H2,2-5H3. The number of alkyl halides is 3. The third kappa shape index (κ3) is 6.77. The molecule has 1 aromatic rings. The van der Waals surface area contributed by atoms with Crippen LogP contribution >= 0.6 is 0 Å². The minimum atomic E-state index is -4.64. The Labute approximate surface area is 204 Å². The molecule has 1 fully saturated rings. The lowest BCUT2D eigenvalue weighted by Gasteiger charge is -2.41. The fraction of sp³-hybridized carbons (Fsp3) is 0.583. The normalized spacial score (nSPS) is 21.2. The summed E-state index contributed by atoms with van der Waals surface area (Å²) in [5.74, 6) is -0.409. The van der Waals surface area contributed by atoms with E-state index in [1.807, 2.05) is 0 Å². The minimum absolute atomic E-state index is 0.145. The van der Waals surface area contributed by atoms with Gasteiger partial charge in [-0.1, -0.05) is 6.08 Å². The summed E-state index contributed by atoms with van der Waals surface area (Å²) in [6.07, 6.45) is -3.07. The maximum atomic E-state index is 13.5. The Morgan fingerprint density at radius 3 is 2.11 bits per heavy atom. The molecule has 1 saturated carbocycles. The number of carbonyl (C=O) groups excluding carboxylic acids is 2. The van der Waals surface area contributed by atoms with Gasteiger partial charge in [-0.15, -0.1) is 6.58 Å². The van der Waals surface area contributed by atoms with E-state index in [0.29, 0.717) is 22.9 Å². The van der Waals surface area contributed by atoms with Crippen LogP contribution in [0, 0.1) is 5.41 Å². The van der Waals surface area contributed by atoms with Gasteiger partial charge in [-0.2, -0.15) is 17.5 Å². The van der Waals surface area contributed by atoms with Crippen LogP contribution < -0.4 is 0 Å². The molecule has 0 aromatic heterocycles. The molecule has 0 N–H and O–H groups in total. The monoisotopic (exact) mass is 519 g/mol. The van der Waals surface area contributed by atoms with E-state index in [9.17, 15) is 31.2 Å². The quantitative estimate of drug-likeness (QED) is 0.339. The fourth-order valence-corrected chi connectivity index (χ4v) is 5.67. The summed E-state index contributed by atoms with van der Waals surface area (Å²) in [7, 11) is -4.56. The summed E-state index contributed by atoms with van der Waals surface area (Å²) in [4.78, 5) is 25.3. The molecule has 196 valence electrons. The smallest absolute Gasteiger partial charge is 0.424 e. The van der Waals surface area contributed by atoms with Gasteiger partial charge in [-0.25, -0.2) is 13.2 Å². The molecule has 1 aliphatic rings. The first-order valence-electron chi connectivity index (χ1n) is 11.3. The molecule has 0 radical (unpaired) electrons. The van der Waals surface area contributed by atoms with Crippen molar-refractivity contribution in [3.63, 3.8) is 0 Å². The van der Waals surface area contributed by atoms with Crippen LogP contribution in [0.2, 0.25) is 0 Å². The molecule has 0 unspecified atom stereocenters.